The van der Waals surface area contributed by atoms with Crippen molar-refractivity contribution in [1.29, 1.82) is 0 Å². The lowest BCUT2D eigenvalue weighted by molar-refractivity contribution is -0.0498. The van der Waals surface area contributed by atoms with E-state index in [0.29, 0.717) is 41.2 Å². The smallest absolute Gasteiger partial charge is 0.387 e. The summed E-state index contributed by atoms with van der Waals surface area (Å²) in [6.07, 6.45) is 0. The molecule has 2 heterocycles. The summed E-state index contributed by atoms with van der Waals surface area (Å²) in [6.45, 7) is -1.27. The van der Waals surface area contributed by atoms with Crippen molar-refractivity contribution in [2.75, 3.05) is 31.5 Å². The van der Waals surface area contributed by atoms with E-state index in [0.717, 1.165) is 0 Å². The maximum atomic E-state index is 12.5. The maximum absolute atomic E-state index is 12.5. The van der Waals surface area contributed by atoms with E-state index in [1.165, 1.54) is 27.8 Å². The highest BCUT2D eigenvalue weighted by Crippen LogP contribution is 2.22. The molecule has 6 nitrogen and oxygen atoms in total. The van der Waals surface area contributed by atoms with E-state index in [-0.39, 0.29) is 5.75 Å². The number of sulfonamides is 1. The number of hydrogen-bond acceptors (Lipinski definition) is 5. The van der Waals surface area contributed by atoms with Gasteiger partial charge in [0.1, 0.15) is 9.96 Å². The van der Waals surface area contributed by atoms with Crippen LogP contribution in [0.25, 0.3) is 0 Å². The van der Waals surface area contributed by atoms with Crippen LogP contribution in [0.15, 0.2) is 46.0 Å². The Balaban J connectivity index is 1.54. The minimum Gasteiger partial charge on any atom is -0.435 e. The molecule has 1 aromatic carbocycles. The van der Waals surface area contributed by atoms with Crippen molar-refractivity contribution >= 4 is 44.4 Å². The zero-order valence-electron chi connectivity index (χ0n) is 14.0. The first-order valence-corrected chi connectivity index (χ1v) is 10.7. The molecule has 1 saturated heterocycles. The number of thiocarbonyl (C=S) groups is 1. The van der Waals surface area contributed by atoms with Gasteiger partial charge in [-0.2, -0.15) is 13.1 Å². The summed E-state index contributed by atoms with van der Waals surface area (Å²) in [5.74, 6) is 0.0638. The van der Waals surface area contributed by atoms with Crippen LogP contribution in [0.4, 0.5) is 14.5 Å². The summed E-state index contributed by atoms with van der Waals surface area (Å²) in [4.78, 5) is 1.87. The Hall–Kier alpha value is -1.82. The number of benzene rings is 1. The molecule has 0 amide bonds. The number of halogens is 2. The molecule has 0 spiro atoms. The van der Waals surface area contributed by atoms with Crippen LogP contribution in [0.2, 0.25) is 0 Å². The first-order valence-electron chi connectivity index (χ1n) is 8.01. The van der Waals surface area contributed by atoms with Crippen molar-refractivity contribution < 1.29 is 21.9 Å². The van der Waals surface area contributed by atoms with Crippen LogP contribution >= 0.6 is 23.6 Å². The summed E-state index contributed by atoms with van der Waals surface area (Å²) in [5, 5.41) is 5.21. The number of thiophene rings is 1. The average molecular weight is 434 g/mol. The molecule has 0 bridgehead atoms. The number of rotatable bonds is 5. The predicted octanol–water partition coefficient (Wildman–Crippen LogP) is 3.05. The molecule has 0 unspecified atom stereocenters. The monoisotopic (exact) mass is 433 g/mol. The van der Waals surface area contributed by atoms with Gasteiger partial charge in [-0.05, 0) is 47.9 Å². The van der Waals surface area contributed by atoms with Crippen molar-refractivity contribution in [2.24, 2.45) is 0 Å². The van der Waals surface area contributed by atoms with Gasteiger partial charge in [-0.25, -0.2) is 8.42 Å². The van der Waals surface area contributed by atoms with Gasteiger partial charge in [0.05, 0.1) is 0 Å². The summed E-state index contributed by atoms with van der Waals surface area (Å²) < 4.78 is 55.5. The SMILES string of the molecule is O=S(=O)(c1cccs1)N1CCN(C(=S)Nc2ccc(OC(F)F)cc2)CC1. The fourth-order valence-corrected chi connectivity index (χ4v) is 5.46. The standard InChI is InChI=1S/C16H17F2N3O3S3/c17-15(18)24-13-5-3-12(4-6-13)19-16(25)20-7-9-21(10-8-20)27(22,23)14-2-1-11-26-14/h1-6,11,15H,7-10H2,(H,19,25). The highest BCUT2D eigenvalue weighted by molar-refractivity contribution is 7.91. The van der Waals surface area contributed by atoms with Gasteiger partial charge >= 0.3 is 6.61 Å². The summed E-state index contributed by atoms with van der Waals surface area (Å²) in [6, 6.07) is 9.32. The number of nitrogens with zero attached hydrogens (tertiary/aromatic N) is 2. The van der Waals surface area contributed by atoms with E-state index in [1.807, 2.05) is 4.90 Å². The number of ether oxygens (including phenoxy) is 1. The third-order valence-electron chi connectivity index (χ3n) is 3.95. The van der Waals surface area contributed by atoms with E-state index in [4.69, 9.17) is 12.2 Å². The van der Waals surface area contributed by atoms with Crippen molar-refractivity contribution in [2.45, 2.75) is 10.8 Å². The Morgan fingerprint density at radius 1 is 1.15 bits per heavy atom. The zero-order chi connectivity index (χ0) is 19.4. The minimum atomic E-state index is -3.46. The molecule has 0 atom stereocenters. The second-order valence-corrected chi connectivity index (χ2v) is 9.16. The van der Waals surface area contributed by atoms with Crippen molar-refractivity contribution in [3.63, 3.8) is 0 Å². The van der Waals surface area contributed by atoms with Gasteiger partial charge in [0, 0.05) is 31.9 Å². The van der Waals surface area contributed by atoms with E-state index in [9.17, 15) is 17.2 Å². The lowest BCUT2D eigenvalue weighted by atomic mass is 10.3. The molecular formula is C16H17F2N3O3S3. The van der Waals surface area contributed by atoms with Crippen LogP contribution in [0.5, 0.6) is 5.75 Å². The largest absolute Gasteiger partial charge is 0.435 e. The fraction of sp³-hybridized carbons (Fsp3) is 0.312. The molecule has 3 rings (SSSR count). The van der Waals surface area contributed by atoms with E-state index < -0.39 is 16.6 Å². The molecule has 1 aliphatic rings. The third-order valence-corrected chi connectivity index (χ3v) is 7.58. The summed E-state index contributed by atoms with van der Waals surface area (Å²) >= 11 is 6.57. The van der Waals surface area contributed by atoms with Crippen molar-refractivity contribution in [3.8, 4) is 5.75 Å². The van der Waals surface area contributed by atoms with Gasteiger partial charge < -0.3 is 15.0 Å². The van der Waals surface area contributed by atoms with Gasteiger partial charge in [-0.3, -0.25) is 0 Å². The second-order valence-electron chi connectivity index (χ2n) is 5.66. The first kappa shape index (κ1) is 19.9. The van der Waals surface area contributed by atoms with Crippen LogP contribution in [0, 0.1) is 0 Å². The van der Waals surface area contributed by atoms with Crippen LogP contribution in [0.3, 0.4) is 0 Å². The molecule has 146 valence electrons. The number of anilines is 1. The van der Waals surface area contributed by atoms with Crippen molar-refractivity contribution in [3.05, 3.63) is 41.8 Å². The molecular weight excluding hydrogens is 416 g/mol. The predicted molar refractivity (Wildman–Crippen MR) is 104 cm³/mol. The van der Waals surface area contributed by atoms with Gasteiger partial charge in [-0.15, -0.1) is 11.3 Å². The Morgan fingerprint density at radius 2 is 1.81 bits per heavy atom. The zero-order valence-corrected chi connectivity index (χ0v) is 16.5. The summed E-state index contributed by atoms with van der Waals surface area (Å²) in [5.41, 5.74) is 0.634. The van der Waals surface area contributed by atoms with Crippen LogP contribution in [-0.4, -0.2) is 55.5 Å². The molecule has 1 aliphatic heterocycles. The summed E-state index contributed by atoms with van der Waals surface area (Å²) in [7, 11) is -3.46. The molecule has 1 aromatic heterocycles. The molecule has 11 heteroatoms. The quantitative estimate of drug-likeness (QED) is 0.732. The number of piperazine rings is 1. The Morgan fingerprint density at radius 3 is 2.37 bits per heavy atom. The number of nitrogens with one attached hydrogen (secondary N) is 1. The normalized spacial score (nSPS) is 15.7. The van der Waals surface area contributed by atoms with E-state index in [2.05, 4.69) is 10.1 Å². The number of alkyl halides is 2. The van der Waals surface area contributed by atoms with Crippen LogP contribution in [0.1, 0.15) is 0 Å². The number of hydrogen-bond donors (Lipinski definition) is 1. The van der Waals surface area contributed by atoms with E-state index >= 15 is 0 Å². The maximum Gasteiger partial charge on any atom is 0.387 e. The highest BCUT2D eigenvalue weighted by atomic mass is 32.2. The molecule has 0 radical (unpaired) electrons. The lowest BCUT2D eigenvalue weighted by Crippen LogP contribution is -2.51. The first-order chi connectivity index (χ1) is 12.9. The molecule has 1 fully saturated rings. The second kappa shape index (κ2) is 8.46. The molecule has 0 aliphatic carbocycles. The Kier molecular flexibility index (Phi) is 6.25. The fourth-order valence-electron chi connectivity index (χ4n) is 2.59. The Bertz CT molecular complexity index is 866. The Labute approximate surface area is 165 Å². The molecule has 2 aromatic rings. The molecule has 0 saturated carbocycles. The highest BCUT2D eigenvalue weighted by Gasteiger charge is 2.29. The van der Waals surface area contributed by atoms with Crippen LogP contribution in [-0.2, 0) is 10.0 Å². The van der Waals surface area contributed by atoms with Gasteiger partial charge in [0.2, 0.25) is 0 Å². The van der Waals surface area contributed by atoms with Gasteiger partial charge in [0.25, 0.3) is 10.0 Å². The van der Waals surface area contributed by atoms with Gasteiger partial charge in [-0.1, -0.05) is 6.07 Å². The lowest BCUT2D eigenvalue weighted by Gasteiger charge is -2.35. The van der Waals surface area contributed by atoms with Gasteiger partial charge in [0.15, 0.2) is 5.11 Å². The minimum absolute atomic E-state index is 0.0638. The van der Waals surface area contributed by atoms with Crippen LogP contribution < -0.4 is 10.1 Å². The third kappa shape index (κ3) is 4.92. The molecule has 27 heavy (non-hydrogen) atoms. The molecule has 1 N–H and O–H groups in total. The van der Waals surface area contributed by atoms with E-state index in [1.54, 1.807) is 29.6 Å². The average Bonchev–Trinajstić information content (AvgIpc) is 3.18. The topological polar surface area (TPSA) is 61.9 Å². The van der Waals surface area contributed by atoms with Crippen molar-refractivity contribution in [1.82, 2.24) is 9.21 Å².